The summed E-state index contributed by atoms with van der Waals surface area (Å²) in [6, 6.07) is -12.9. The number of rotatable bonds is 31. The third-order valence-corrected chi connectivity index (χ3v) is 8.55. The van der Waals surface area contributed by atoms with E-state index in [0.29, 0.717) is 6.42 Å². The van der Waals surface area contributed by atoms with Crippen LogP contribution >= 0.6 is 0 Å². The van der Waals surface area contributed by atoms with Gasteiger partial charge in [0.2, 0.25) is 47.3 Å². The molecule has 0 saturated heterocycles. The van der Waals surface area contributed by atoms with Gasteiger partial charge < -0.3 is 90.4 Å². The molecule has 64 heavy (non-hydrogen) atoms. The molecule has 0 saturated carbocycles. The Morgan fingerprint density at radius 2 is 1.02 bits per heavy atom. The second-order valence-corrected chi connectivity index (χ2v) is 14.5. The lowest BCUT2D eigenvalue weighted by Crippen LogP contribution is -2.60. The van der Waals surface area contributed by atoms with Gasteiger partial charge in [-0.15, -0.1) is 0 Å². The number of guanidine groups is 1. The lowest BCUT2D eigenvalue weighted by Gasteiger charge is -2.25. The third-order valence-electron chi connectivity index (χ3n) is 8.55. The maximum absolute atomic E-state index is 13.5. The van der Waals surface area contributed by atoms with Crippen LogP contribution in [0.1, 0.15) is 59.3 Å². The number of hydrogen-bond donors (Lipinski definition) is 17. The Labute approximate surface area is 365 Å². The molecule has 0 aliphatic heterocycles. The van der Waals surface area contributed by atoms with Crippen molar-refractivity contribution in [3.8, 4) is 0 Å². The lowest BCUT2D eigenvalue weighted by molar-refractivity contribution is -0.143. The topological polar surface area (TPSA) is 496 Å². The molecule has 0 radical (unpaired) electrons. The molecule has 0 aliphatic carbocycles. The lowest BCUT2D eigenvalue weighted by atomic mass is 10.0. The standard InChI is InChI=1S/C35H60N12O17/c1-15(2)9-17(36)28(57)41-16(3)27(56)43-19(6-7-25(52)53)30(59)44-18(5-4-8-39-35(37)38)29(58)40-11-24(51)42-20(10-26(54)55)31(60)45-21(12-48)32(61)46-22(13-49)33(62)47-23(14-50)34(63)64/h15-23,48-50H,4-14,36H2,1-3H3,(H,40,58)(H,41,57)(H,42,51)(H,43,56)(H,44,59)(H,45,60)(H,46,61)(H,47,62)(H,52,53)(H,54,55)(H,63,64)(H4,37,38,39)/t16-,17-,18-,19-,20-,21-,22-,23-/m0/s1. The number of carboxylic acids is 3. The molecule has 0 aromatic rings. The SMILES string of the molecule is CC(C)C[C@H](N)C(=O)N[C@@H](C)C(=O)N[C@@H](CCC(=O)O)C(=O)N[C@@H](CCCN=C(N)N)C(=O)NCC(=O)N[C@@H](CC(=O)O)C(=O)N[C@@H](CO)C(=O)N[C@@H](CO)C(=O)N[C@@H](CO)C(=O)O. The fourth-order valence-electron chi connectivity index (χ4n) is 5.19. The molecule has 8 amide bonds. The monoisotopic (exact) mass is 920 g/mol. The first-order valence-electron chi connectivity index (χ1n) is 19.6. The van der Waals surface area contributed by atoms with E-state index in [2.05, 4.69) is 26.3 Å². The summed E-state index contributed by atoms with van der Waals surface area (Å²) in [4.78, 5) is 141. The molecule has 0 aromatic carbocycles. The Bertz CT molecular complexity index is 1690. The second kappa shape index (κ2) is 29.6. The van der Waals surface area contributed by atoms with Crippen molar-refractivity contribution in [1.82, 2.24) is 42.5 Å². The normalized spacial score (nSPS) is 14.6. The number of carbonyl (C=O) groups excluding carboxylic acids is 8. The predicted octanol–water partition coefficient (Wildman–Crippen LogP) is -8.66. The zero-order valence-corrected chi connectivity index (χ0v) is 35.3. The molecule has 0 aromatic heterocycles. The van der Waals surface area contributed by atoms with Gasteiger partial charge >= 0.3 is 17.9 Å². The van der Waals surface area contributed by atoms with Crippen molar-refractivity contribution >= 4 is 71.1 Å². The fraction of sp³-hybridized carbons (Fsp3) is 0.657. The van der Waals surface area contributed by atoms with Crippen LogP contribution in [0.15, 0.2) is 4.99 Å². The zero-order chi connectivity index (χ0) is 49.3. The first kappa shape index (κ1) is 57.3. The number of aliphatic imine (C=N–C) groups is 1. The van der Waals surface area contributed by atoms with E-state index in [1.165, 1.54) is 6.92 Å². The molecule has 8 atom stereocenters. The quantitative estimate of drug-likeness (QED) is 0.0174. The van der Waals surface area contributed by atoms with Crippen LogP contribution in [-0.2, 0) is 52.7 Å². The fourth-order valence-corrected chi connectivity index (χ4v) is 5.19. The van der Waals surface area contributed by atoms with E-state index < -0.39 is 159 Å². The van der Waals surface area contributed by atoms with Crippen LogP contribution in [0.4, 0.5) is 0 Å². The molecule has 0 rings (SSSR count). The number of carbonyl (C=O) groups is 11. The molecule has 0 fully saturated rings. The number of nitrogens with two attached hydrogens (primary N) is 3. The Kier molecular flexibility index (Phi) is 26.5. The summed E-state index contributed by atoms with van der Waals surface area (Å²) >= 11 is 0. The van der Waals surface area contributed by atoms with Gasteiger partial charge in [-0.05, 0) is 38.5 Å². The Morgan fingerprint density at radius 3 is 1.48 bits per heavy atom. The second-order valence-electron chi connectivity index (χ2n) is 14.5. The highest BCUT2D eigenvalue weighted by Crippen LogP contribution is 2.06. The van der Waals surface area contributed by atoms with Gasteiger partial charge in [0.1, 0.15) is 42.3 Å². The molecule has 0 aliphatic rings. The van der Waals surface area contributed by atoms with Gasteiger partial charge in [0.05, 0.1) is 38.8 Å². The minimum Gasteiger partial charge on any atom is -0.481 e. The number of aliphatic carboxylic acids is 3. The van der Waals surface area contributed by atoms with E-state index in [-0.39, 0.29) is 31.3 Å². The first-order chi connectivity index (χ1) is 29.9. The minimum atomic E-state index is -1.98. The van der Waals surface area contributed by atoms with E-state index in [1.807, 2.05) is 35.1 Å². The van der Waals surface area contributed by atoms with E-state index in [0.717, 1.165) is 0 Å². The van der Waals surface area contributed by atoms with Crippen LogP contribution in [-0.4, -0.2) is 183 Å². The molecule has 0 spiro atoms. The number of aliphatic hydroxyl groups is 3. The number of aliphatic hydroxyl groups excluding tert-OH is 3. The summed E-state index contributed by atoms with van der Waals surface area (Å²) in [6.07, 6.45) is -2.12. The van der Waals surface area contributed by atoms with E-state index in [9.17, 15) is 73.2 Å². The van der Waals surface area contributed by atoms with Gasteiger partial charge in [-0.2, -0.15) is 0 Å². The molecule has 0 bridgehead atoms. The highest BCUT2D eigenvalue weighted by atomic mass is 16.4. The number of nitrogens with zero attached hydrogens (tertiary/aromatic N) is 1. The summed E-state index contributed by atoms with van der Waals surface area (Å²) < 4.78 is 0. The van der Waals surface area contributed by atoms with E-state index in [4.69, 9.17) is 27.4 Å². The molecule has 29 heteroatoms. The molecule has 29 nitrogen and oxygen atoms in total. The molecule has 20 N–H and O–H groups in total. The van der Waals surface area contributed by atoms with Crippen molar-refractivity contribution in [1.29, 1.82) is 0 Å². The van der Waals surface area contributed by atoms with Crippen molar-refractivity contribution in [3.05, 3.63) is 0 Å². The average Bonchev–Trinajstić information content (AvgIpc) is 3.20. The smallest absolute Gasteiger partial charge is 0.328 e. The number of hydrogen-bond acceptors (Lipinski definition) is 16. The van der Waals surface area contributed by atoms with E-state index in [1.54, 1.807) is 0 Å². The van der Waals surface area contributed by atoms with E-state index >= 15 is 0 Å². The Hall–Kier alpha value is -6.72. The number of carboxylic acid groups (broad SMARTS) is 3. The summed E-state index contributed by atoms with van der Waals surface area (Å²) in [6.45, 7) is 0.550. The molecule has 0 unspecified atom stereocenters. The van der Waals surface area contributed by atoms with Crippen molar-refractivity contribution in [3.63, 3.8) is 0 Å². The average molecular weight is 921 g/mol. The summed E-state index contributed by atoms with van der Waals surface area (Å²) in [5, 5.41) is 73.0. The maximum atomic E-state index is 13.5. The van der Waals surface area contributed by atoms with Gasteiger partial charge in [-0.3, -0.25) is 52.9 Å². The van der Waals surface area contributed by atoms with Crippen LogP contribution in [0, 0.1) is 5.92 Å². The van der Waals surface area contributed by atoms with Crippen molar-refractivity contribution in [2.24, 2.45) is 28.1 Å². The van der Waals surface area contributed by atoms with Crippen LogP contribution in [0.2, 0.25) is 0 Å². The van der Waals surface area contributed by atoms with Gasteiger partial charge in [-0.25, -0.2) is 4.79 Å². The highest BCUT2D eigenvalue weighted by Gasteiger charge is 2.33. The minimum absolute atomic E-state index is 0.0318. The van der Waals surface area contributed by atoms with Gasteiger partial charge in [0.15, 0.2) is 5.96 Å². The number of amides is 8. The van der Waals surface area contributed by atoms with Crippen molar-refractivity contribution in [2.75, 3.05) is 32.9 Å². The van der Waals surface area contributed by atoms with Crippen LogP contribution < -0.4 is 59.7 Å². The molecule has 362 valence electrons. The Balaban J connectivity index is 6.02. The summed E-state index contributed by atoms with van der Waals surface area (Å²) in [5.74, 6) is -13.8. The zero-order valence-electron chi connectivity index (χ0n) is 35.3. The molecule has 0 heterocycles. The summed E-state index contributed by atoms with van der Waals surface area (Å²) in [5.41, 5.74) is 16.5. The Morgan fingerprint density at radius 1 is 0.547 bits per heavy atom. The maximum Gasteiger partial charge on any atom is 0.328 e. The van der Waals surface area contributed by atoms with Gasteiger partial charge in [0, 0.05) is 13.0 Å². The van der Waals surface area contributed by atoms with Gasteiger partial charge in [0.25, 0.3) is 0 Å². The molecular formula is C35H60N12O17. The van der Waals surface area contributed by atoms with Crippen LogP contribution in [0.3, 0.4) is 0 Å². The first-order valence-corrected chi connectivity index (χ1v) is 19.6. The summed E-state index contributed by atoms with van der Waals surface area (Å²) in [7, 11) is 0. The van der Waals surface area contributed by atoms with Crippen molar-refractivity contribution < 1.29 is 83.4 Å². The van der Waals surface area contributed by atoms with Crippen molar-refractivity contribution in [2.45, 2.75) is 108 Å². The predicted molar refractivity (Wildman–Crippen MR) is 218 cm³/mol. The van der Waals surface area contributed by atoms with Crippen LogP contribution in [0.25, 0.3) is 0 Å². The molecular weight excluding hydrogens is 860 g/mol. The largest absolute Gasteiger partial charge is 0.481 e. The third kappa shape index (κ3) is 22.9. The van der Waals surface area contributed by atoms with Crippen LogP contribution in [0.5, 0.6) is 0 Å². The van der Waals surface area contributed by atoms with Gasteiger partial charge in [-0.1, -0.05) is 13.8 Å². The highest BCUT2D eigenvalue weighted by molar-refractivity contribution is 5.98. The number of nitrogens with one attached hydrogen (secondary N) is 8.